The van der Waals surface area contributed by atoms with E-state index in [9.17, 15) is 5.11 Å². The third-order valence-electron chi connectivity index (χ3n) is 4.11. The Morgan fingerprint density at radius 1 is 1.42 bits per heavy atom. The van der Waals surface area contributed by atoms with Crippen LogP contribution in [-0.2, 0) is 9.16 Å². The molecule has 7 heteroatoms. The molecule has 1 rings (SSSR count). The van der Waals surface area contributed by atoms with Crippen LogP contribution in [0, 0.1) is 0 Å². The van der Waals surface area contributed by atoms with E-state index in [2.05, 4.69) is 43.9 Å². The molecule has 1 aliphatic rings. The van der Waals surface area contributed by atoms with Gasteiger partial charge in [0.2, 0.25) is 0 Å². The lowest BCUT2D eigenvalue weighted by atomic mass is 10.0. The van der Waals surface area contributed by atoms with Gasteiger partial charge in [0.1, 0.15) is 6.29 Å². The lowest BCUT2D eigenvalue weighted by Gasteiger charge is -2.43. The first kappa shape index (κ1) is 16.5. The molecule has 4 unspecified atom stereocenters. The van der Waals surface area contributed by atoms with Crippen LogP contribution in [0.4, 0.5) is 0 Å². The van der Waals surface area contributed by atoms with Gasteiger partial charge in [-0.05, 0) is 30.6 Å². The predicted molar refractivity (Wildman–Crippen MR) is 76.2 cm³/mol. The topological polar surface area (TPSA) is 87.5 Å². The van der Waals surface area contributed by atoms with E-state index in [-0.39, 0.29) is 11.1 Å². The number of ether oxygens (including phenoxy) is 1. The summed E-state index contributed by atoms with van der Waals surface area (Å²) in [5, 5.41) is 13.6. The third-order valence-corrected chi connectivity index (χ3v) is 8.57. The van der Waals surface area contributed by atoms with Gasteiger partial charge in [-0.15, -0.1) is 0 Å². The van der Waals surface area contributed by atoms with Gasteiger partial charge in [-0.2, -0.15) is 0 Å². The van der Waals surface area contributed by atoms with Gasteiger partial charge in [0, 0.05) is 11.3 Å². The smallest absolute Gasteiger partial charge is 0.195 e. The number of hydrogen-bond acceptors (Lipinski definition) is 4. The zero-order chi connectivity index (χ0) is 14.8. The van der Waals surface area contributed by atoms with E-state index in [1.807, 2.05) is 0 Å². The number of aliphatic hydroxyl groups excluding tert-OH is 1. The Balaban J connectivity index is 2.78. The molecule has 1 saturated heterocycles. The van der Waals surface area contributed by atoms with Crippen molar-refractivity contribution < 1.29 is 14.3 Å². The summed E-state index contributed by atoms with van der Waals surface area (Å²) in [4.78, 5) is 2.79. The van der Waals surface area contributed by atoms with Gasteiger partial charge in [-0.3, -0.25) is 0 Å². The first-order chi connectivity index (χ1) is 8.58. The van der Waals surface area contributed by atoms with Crippen molar-refractivity contribution in [3.8, 4) is 0 Å². The molecule has 0 bridgehead atoms. The van der Waals surface area contributed by atoms with E-state index in [4.69, 9.17) is 14.7 Å². The minimum atomic E-state index is -1.94. The van der Waals surface area contributed by atoms with Crippen molar-refractivity contribution in [2.45, 2.75) is 76.8 Å². The Morgan fingerprint density at radius 3 is 2.47 bits per heavy atom. The summed E-state index contributed by atoms with van der Waals surface area (Å²) in [6.45, 7) is 12.5. The molecule has 1 N–H and O–H groups in total. The fourth-order valence-corrected chi connectivity index (χ4v) is 2.95. The van der Waals surface area contributed by atoms with E-state index >= 15 is 0 Å². The number of aliphatic hydroxyl groups is 1. The Kier molecular flexibility index (Phi) is 5.03. The van der Waals surface area contributed by atoms with E-state index in [1.165, 1.54) is 0 Å². The molecule has 19 heavy (non-hydrogen) atoms. The highest BCUT2D eigenvalue weighted by atomic mass is 28.4. The Labute approximate surface area is 115 Å². The van der Waals surface area contributed by atoms with E-state index < -0.39 is 26.8 Å². The van der Waals surface area contributed by atoms with Crippen LogP contribution < -0.4 is 0 Å². The minimum Gasteiger partial charge on any atom is -0.392 e. The van der Waals surface area contributed by atoms with Crippen LogP contribution in [0.3, 0.4) is 0 Å². The maximum absolute atomic E-state index is 9.91. The first-order valence-corrected chi connectivity index (χ1v) is 9.55. The quantitative estimate of drug-likeness (QED) is 0.374. The minimum absolute atomic E-state index is 0.0870. The molecular formula is C12H25N3O3Si. The number of hydrogen-bond donors (Lipinski definition) is 1. The van der Waals surface area contributed by atoms with Crippen LogP contribution >= 0.6 is 0 Å². The highest BCUT2D eigenvalue weighted by Gasteiger charge is 2.43. The van der Waals surface area contributed by atoms with Crippen LogP contribution in [0.25, 0.3) is 10.4 Å². The van der Waals surface area contributed by atoms with Gasteiger partial charge in [-0.1, -0.05) is 25.9 Å². The molecule has 4 atom stereocenters. The summed E-state index contributed by atoms with van der Waals surface area (Å²) in [5.41, 5.74) is 8.54. The lowest BCUT2D eigenvalue weighted by Crippen LogP contribution is -2.52. The molecule has 0 radical (unpaired) electrons. The monoisotopic (exact) mass is 287 g/mol. The summed E-state index contributed by atoms with van der Waals surface area (Å²) in [5.74, 6) is 0. The molecule has 0 spiro atoms. The molecule has 1 fully saturated rings. The Bertz CT molecular complexity index is 364. The van der Waals surface area contributed by atoms with Gasteiger partial charge in [0.15, 0.2) is 8.32 Å². The molecule has 1 heterocycles. The van der Waals surface area contributed by atoms with Crippen molar-refractivity contribution in [1.82, 2.24) is 0 Å². The van der Waals surface area contributed by atoms with Crippen LogP contribution in [0.15, 0.2) is 5.11 Å². The van der Waals surface area contributed by atoms with Gasteiger partial charge < -0.3 is 14.3 Å². The van der Waals surface area contributed by atoms with Crippen molar-refractivity contribution in [1.29, 1.82) is 0 Å². The predicted octanol–water partition coefficient (Wildman–Crippen LogP) is 3.18. The van der Waals surface area contributed by atoms with Crippen LogP contribution in [0.2, 0.25) is 18.1 Å². The molecule has 0 aromatic heterocycles. The standard InChI is InChI=1S/C12H25N3O3Si/c1-8-11(16)9(14-15-13)7-10(17-8)18-19(5,6)12(2,3)4/h8-11,16H,7H2,1-6H3. The van der Waals surface area contributed by atoms with Gasteiger partial charge in [-0.25, -0.2) is 0 Å². The fourth-order valence-electron chi connectivity index (χ4n) is 1.79. The first-order valence-electron chi connectivity index (χ1n) is 6.64. The zero-order valence-corrected chi connectivity index (χ0v) is 13.6. The Hall–Kier alpha value is -0.593. The average molecular weight is 287 g/mol. The average Bonchev–Trinajstić information content (AvgIpc) is 2.23. The summed E-state index contributed by atoms with van der Waals surface area (Å²) in [6, 6.07) is -0.483. The van der Waals surface area contributed by atoms with Crippen molar-refractivity contribution in [3.05, 3.63) is 10.4 Å². The highest BCUT2D eigenvalue weighted by molar-refractivity contribution is 6.74. The molecule has 0 amide bonds. The van der Waals surface area contributed by atoms with E-state index in [0.29, 0.717) is 6.42 Å². The molecule has 0 aromatic carbocycles. The molecule has 1 aliphatic heterocycles. The molecule has 0 aromatic rings. The molecule has 0 saturated carbocycles. The van der Waals surface area contributed by atoms with Crippen molar-refractivity contribution in [2.75, 3.05) is 0 Å². The number of nitrogens with zero attached hydrogens (tertiary/aromatic N) is 3. The van der Waals surface area contributed by atoms with E-state index in [0.717, 1.165) is 0 Å². The maximum atomic E-state index is 9.91. The second-order valence-corrected chi connectivity index (χ2v) is 11.4. The second-order valence-electron chi connectivity index (χ2n) is 6.65. The van der Waals surface area contributed by atoms with Crippen molar-refractivity contribution in [2.24, 2.45) is 5.11 Å². The normalized spacial score (nSPS) is 32.8. The summed E-state index contributed by atoms with van der Waals surface area (Å²) in [7, 11) is -1.94. The van der Waals surface area contributed by atoms with E-state index in [1.54, 1.807) is 6.92 Å². The highest BCUT2D eigenvalue weighted by Crippen LogP contribution is 2.39. The van der Waals surface area contributed by atoms with Gasteiger partial charge in [0.25, 0.3) is 0 Å². The summed E-state index contributed by atoms with van der Waals surface area (Å²) < 4.78 is 11.8. The third kappa shape index (κ3) is 3.93. The second kappa shape index (κ2) is 5.81. The van der Waals surface area contributed by atoms with Crippen LogP contribution in [0.1, 0.15) is 34.1 Å². The van der Waals surface area contributed by atoms with Crippen LogP contribution in [-0.4, -0.2) is 38.0 Å². The molecule has 110 valence electrons. The molecule has 0 aliphatic carbocycles. The van der Waals surface area contributed by atoms with Gasteiger partial charge >= 0.3 is 0 Å². The van der Waals surface area contributed by atoms with Gasteiger partial charge in [0.05, 0.1) is 18.2 Å². The SMILES string of the molecule is CC1OC(O[Si](C)(C)C(C)(C)C)CC(N=[N+]=[N-])C1O. The lowest BCUT2D eigenvalue weighted by molar-refractivity contribution is -0.191. The Morgan fingerprint density at radius 2 is 2.00 bits per heavy atom. The van der Waals surface area contributed by atoms with Crippen molar-refractivity contribution in [3.63, 3.8) is 0 Å². The number of azide groups is 1. The van der Waals surface area contributed by atoms with Crippen molar-refractivity contribution >= 4 is 8.32 Å². The number of rotatable bonds is 3. The zero-order valence-electron chi connectivity index (χ0n) is 12.6. The van der Waals surface area contributed by atoms with Crippen LogP contribution in [0.5, 0.6) is 0 Å². The summed E-state index contributed by atoms with van der Waals surface area (Å²) >= 11 is 0. The largest absolute Gasteiger partial charge is 0.392 e. The maximum Gasteiger partial charge on any atom is 0.195 e. The molecule has 6 nitrogen and oxygen atoms in total. The summed E-state index contributed by atoms with van der Waals surface area (Å²) in [6.07, 6.45) is -1.16. The molecular weight excluding hydrogens is 262 g/mol. The fraction of sp³-hybridized carbons (Fsp3) is 1.00.